The van der Waals surface area contributed by atoms with Crippen LogP contribution in [0.1, 0.15) is 51.0 Å². The van der Waals surface area contributed by atoms with E-state index in [0.29, 0.717) is 45.2 Å². The highest BCUT2D eigenvalue weighted by Crippen LogP contribution is 2.27. The molecule has 10 nitrogen and oxygen atoms in total. The average Bonchev–Trinajstić information content (AvgIpc) is 3.90. The fraction of sp³-hybridized carbons (Fsp3) is 0.333. The van der Waals surface area contributed by atoms with Crippen LogP contribution in [0.5, 0.6) is 0 Å². The molecule has 0 bridgehead atoms. The van der Waals surface area contributed by atoms with Crippen molar-refractivity contribution in [3.8, 4) is 0 Å². The molecule has 262 valence electrons. The number of aliphatic carboxylic acids is 1. The molecule has 4 N–H and O–H groups in total. The molecule has 0 aromatic heterocycles. The first kappa shape index (κ1) is 36.7. The number of anilines is 1. The summed E-state index contributed by atoms with van der Waals surface area (Å²) in [5.41, 5.74) is 1.05. The first-order valence-corrected chi connectivity index (χ1v) is 15.2. The molecule has 1 heterocycles. The smallest absolute Gasteiger partial charge is 0.475 e. The molecule has 2 aliphatic rings. The van der Waals surface area contributed by atoms with Crippen LogP contribution >= 0.6 is 0 Å². The van der Waals surface area contributed by atoms with Gasteiger partial charge in [0.2, 0.25) is 6.30 Å². The van der Waals surface area contributed by atoms with Gasteiger partial charge in [-0.3, -0.25) is 14.5 Å². The lowest BCUT2D eigenvalue weighted by Gasteiger charge is -2.35. The molecule has 49 heavy (non-hydrogen) atoms. The van der Waals surface area contributed by atoms with Crippen molar-refractivity contribution < 1.29 is 50.6 Å². The lowest BCUT2D eigenvalue weighted by molar-refractivity contribution is -0.192. The van der Waals surface area contributed by atoms with Crippen molar-refractivity contribution in [2.75, 3.05) is 38.0 Å². The van der Waals surface area contributed by atoms with Crippen LogP contribution in [0.4, 0.5) is 36.8 Å². The number of nitrogens with one attached hydrogen (secondary N) is 3. The van der Waals surface area contributed by atoms with Gasteiger partial charge in [0.1, 0.15) is 11.6 Å². The predicted octanol–water partition coefficient (Wildman–Crippen LogP) is 5.49. The highest BCUT2D eigenvalue weighted by molar-refractivity contribution is 5.96. The fourth-order valence-electron chi connectivity index (χ4n) is 4.79. The number of alkyl halides is 4. The van der Waals surface area contributed by atoms with Crippen molar-refractivity contribution in [1.29, 1.82) is 0 Å². The van der Waals surface area contributed by atoms with E-state index in [1.165, 1.54) is 30.3 Å². The van der Waals surface area contributed by atoms with Gasteiger partial charge < -0.3 is 26.0 Å². The molecular weight excluding hydrogens is 660 g/mol. The Bertz CT molecular complexity index is 1660. The number of piperazine rings is 1. The van der Waals surface area contributed by atoms with Crippen LogP contribution in [0.15, 0.2) is 66.7 Å². The van der Waals surface area contributed by atoms with E-state index >= 15 is 0 Å². The zero-order valence-electron chi connectivity index (χ0n) is 25.9. The zero-order valence-corrected chi connectivity index (χ0v) is 25.9. The molecule has 1 atom stereocenters. The third-order valence-electron chi connectivity index (χ3n) is 7.65. The van der Waals surface area contributed by atoms with Crippen molar-refractivity contribution in [2.24, 2.45) is 5.92 Å². The van der Waals surface area contributed by atoms with Crippen LogP contribution in [-0.4, -0.2) is 77.6 Å². The van der Waals surface area contributed by atoms with Crippen molar-refractivity contribution in [1.82, 2.24) is 20.4 Å². The minimum Gasteiger partial charge on any atom is -0.475 e. The Morgan fingerprint density at radius 2 is 1.53 bits per heavy atom. The fourth-order valence-corrected chi connectivity index (χ4v) is 4.79. The number of hydrogen-bond donors (Lipinski definition) is 4. The lowest BCUT2D eigenvalue weighted by Crippen LogP contribution is -2.48. The second kappa shape index (κ2) is 16.3. The maximum Gasteiger partial charge on any atom is 0.490 e. The normalized spacial score (nSPS) is 15.3. The molecule has 3 aromatic rings. The van der Waals surface area contributed by atoms with Crippen LogP contribution in [0.25, 0.3) is 0 Å². The molecule has 0 radical (unpaired) electrons. The molecule has 1 aliphatic heterocycles. The maximum atomic E-state index is 14.6. The first-order chi connectivity index (χ1) is 23.2. The zero-order chi connectivity index (χ0) is 35.7. The van der Waals surface area contributed by atoms with Gasteiger partial charge in [-0.1, -0.05) is 30.3 Å². The summed E-state index contributed by atoms with van der Waals surface area (Å²) in [4.78, 5) is 50.2. The van der Waals surface area contributed by atoms with E-state index in [1.807, 2.05) is 6.07 Å². The average molecular weight is 694 g/mol. The van der Waals surface area contributed by atoms with Crippen LogP contribution in [0.2, 0.25) is 0 Å². The third kappa shape index (κ3) is 11.0. The number of rotatable bonds is 9. The maximum absolute atomic E-state index is 14.6. The number of urea groups is 1. The number of halogens is 6. The molecule has 5 rings (SSSR count). The van der Waals surface area contributed by atoms with E-state index in [-0.39, 0.29) is 28.3 Å². The van der Waals surface area contributed by atoms with Crippen LogP contribution in [-0.2, 0) is 11.3 Å². The van der Waals surface area contributed by atoms with Gasteiger partial charge in [-0.25, -0.2) is 22.8 Å². The van der Waals surface area contributed by atoms with Gasteiger partial charge >= 0.3 is 18.2 Å². The van der Waals surface area contributed by atoms with E-state index in [1.54, 1.807) is 23.1 Å². The molecule has 16 heteroatoms. The van der Waals surface area contributed by atoms with Crippen LogP contribution in [0.3, 0.4) is 0 Å². The van der Waals surface area contributed by atoms with E-state index in [2.05, 4.69) is 20.9 Å². The Hall–Kier alpha value is -5.12. The Kier molecular flexibility index (Phi) is 12.2. The van der Waals surface area contributed by atoms with Crippen molar-refractivity contribution >= 4 is 29.5 Å². The number of carboxylic acids is 1. The molecule has 4 amide bonds. The van der Waals surface area contributed by atoms with Gasteiger partial charge in [0.05, 0.1) is 5.69 Å². The van der Waals surface area contributed by atoms with Crippen molar-refractivity contribution in [3.63, 3.8) is 0 Å². The minimum atomic E-state index is -5.08. The molecule has 3 aromatic carbocycles. The summed E-state index contributed by atoms with van der Waals surface area (Å²) >= 11 is 0. The minimum absolute atomic E-state index is 0.00911. The third-order valence-corrected chi connectivity index (χ3v) is 7.65. The molecule has 1 saturated carbocycles. The van der Waals surface area contributed by atoms with Gasteiger partial charge in [-0.05, 0) is 60.7 Å². The molecule has 0 spiro atoms. The van der Waals surface area contributed by atoms with E-state index in [4.69, 9.17) is 9.90 Å². The Morgan fingerprint density at radius 3 is 2.14 bits per heavy atom. The predicted molar refractivity (Wildman–Crippen MR) is 165 cm³/mol. The number of amides is 4. The highest BCUT2D eigenvalue weighted by atomic mass is 19.4. The summed E-state index contributed by atoms with van der Waals surface area (Å²) in [6.45, 7) is 3.05. The summed E-state index contributed by atoms with van der Waals surface area (Å²) in [5, 5.41) is 14.5. The Balaban J connectivity index is 0.000000698. The molecule has 2 fully saturated rings. The summed E-state index contributed by atoms with van der Waals surface area (Å²) in [6, 6.07) is 15.7. The van der Waals surface area contributed by atoms with Gasteiger partial charge in [-0.2, -0.15) is 13.2 Å². The van der Waals surface area contributed by atoms with E-state index in [9.17, 15) is 40.7 Å². The van der Waals surface area contributed by atoms with Gasteiger partial charge in [0, 0.05) is 56.0 Å². The topological polar surface area (TPSA) is 131 Å². The Morgan fingerprint density at radius 1 is 0.857 bits per heavy atom. The van der Waals surface area contributed by atoms with E-state index in [0.717, 1.165) is 30.5 Å². The van der Waals surface area contributed by atoms with Gasteiger partial charge in [0.15, 0.2) is 0 Å². The lowest BCUT2D eigenvalue weighted by atomic mass is 10.1. The number of carbonyl (C=O) groups excluding carboxylic acids is 3. The summed E-state index contributed by atoms with van der Waals surface area (Å²) < 4.78 is 74.7. The van der Waals surface area contributed by atoms with Gasteiger partial charge in [0.25, 0.3) is 11.8 Å². The Labute approximate surface area is 277 Å². The number of nitrogens with zero attached hydrogens (tertiary/aromatic N) is 2. The largest absolute Gasteiger partial charge is 0.490 e. The summed E-state index contributed by atoms with van der Waals surface area (Å²) in [7, 11) is 0. The number of benzene rings is 3. The molecular formula is C33H33F6N5O5. The second-order valence-electron chi connectivity index (χ2n) is 11.4. The molecule has 1 unspecified atom stereocenters. The SMILES string of the molecule is O=C(NCC1CC1)Nc1ccc(C(=O)N2CCN(Cc3cccc(C(=O)NC(F)c4ccccc4F)c3)CC2)cc1F.O=C(O)C(F)(F)F. The summed E-state index contributed by atoms with van der Waals surface area (Å²) in [5.74, 6) is -4.63. The second-order valence-corrected chi connectivity index (χ2v) is 11.4. The van der Waals surface area contributed by atoms with Gasteiger partial charge in [-0.15, -0.1) is 0 Å². The molecule has 1 saturated heterocycles. The van der Waals surface area contributed by atoms with Crippen LogP contribution < -0.4 is 16.0 Å². The number of carbonyl (C=O) groups is 4. The number of carboxylic acid groups (broad SMARTS) is 1. The summed E-state index contributed by atoms with van der Waals surface area (Å²) in [6.07, 6.45) is -4.88. The monoisotopic (exact) mass is 693 g/mol. The highest BCUT2D eigenvalue weighted by Gasteiger charge is 2.38. The van der Waals surface area contributed by atoms with E-state index < -0.39 is 42.0 Å². The molecule has 1 aliphatic carbocycles. The number of hydrogen-bond acceptors (Lipinski definition) is 5. The first-order valence-electron chi connectivity index (χ1n) is 15.2. The van der Waals surface area contributed by atoms with Crippen molar-refractivity contribution in [2.45, 2.75) is 31.9 Å². The van der Waals surface area contributed by atoms with Crippen molar-refractivity contribution in [3.05, 3.63) is 101 Å². The quantitative estimate of drug-likeness (QED) is 0.173. The van der Waals surface area contributed by atoms with Crippen LogP contribution in [0, 0.1) is 17.6 Å². The standard InChI is InChI=1S/C31H32F3N5O3.C2HF3O2/c32-25-7-2-1-6-24(25)28(34)37-29(40)22-5-3-4-21(16-22)19-38-12-14-39(15-13-38)30(41)23-10-11-27(26(33)17-23)36-31(42)35-18-20-8-9-20;3-2(4,5)1(6)7/h1-7,10-11,16-17,20,28H,8-9,12-15,18-19H2,(H,37,40)(H2,35,36,42);(H,6,7).